The number of carbonyl (C=O) groups excluding carboxylic acids is 1. The molecule has 1 heterocycles. The maximum Gasteiger partial charge on any atom is 0.335 e. The van der Waals surface area contributed by atoms with Crippen molar-refractivity contribution < 1.29 is 19.0 Å². The van der Waals surface area contributed by atoms with Gasteiger partial charge < -0.3 is 14.2 Å². The smallest absolute Gasteiger partial charge is 0.335 e. The Morgan fingerprint density at radius 2 is 1.92 bits per heavy atom. The first kappa shape index (κ1) is 16.3. The van der Waals surface area contributed by atoms with Gasteiger partial charge in [-0.05, 0) is 42.0 Å². The molecule has 0 saturated carbocycles. The van der Waals surface area contributed by atoms with Crippen molar-refractivity contribution in [3.05, 3.63) is 64.7 Å². The number of carbonyl (C=O) groups is 1. The number of methoxy groups -OCH3 is 2. The van der Waals surface area contributed by atoms with E-state index in [1.807, 2.05) is 18.2 Å². The molecule has 124 valence electrons. The summed E-state index contributed by atoms with van der Waals surface area (Å²) in [7, 11) is 2.93. The predicted octanol–water partition coefficient (Wildman–Crippen LogP) is 3.41. The maximum atomic E-state index is 12.1. The fourth-order valence-corrected chi connectivity index (χ4v) is 2.72. The van der Waals surface area contributed by atoms with Crippen LogP contribution in [0.15, 0.2) is 53.5 Å². The van der Waals surface area contributed by atoms with E-state index in [-0.39, 0.29) is 0 Å². The van der Waals surface area contributed by atoms with E-state index in [1.165, 1.54) is 7.11 Å². The second-order valence-electron chi connectivity index (χ2n) is 5.22. The Morgan fingerprint density at radius 1 is 1.17 bits per heavy atom. The molecule has 6 heteroatoms. The molecule has 24 heavy (non-hydrogen) atoms. The zero-order chi connectivity index (χ0) is 17.1. The summed E-state index contributed by atoms with van der Waals surface area (Å²) in [6.07, 6.45) is -0.576. The van der Waals surface area contributed by atoms with Gasteiger partial charge in [0, 0.05) is 10.6 Å². The molecule has 0 radical (unpaired) electrons. The fourth-order valence-electron chi connectivity index (χ4n) is 2.52. The Balaban J connectivity index is 1.93. The highest BCUT2D eigenvalue weighted by atomic mass is 35.5. The van der Waals surface area contributed by atoms with E-state index < -0.39 is 18.1 Å². The SMILES string of the molecule is COC(=O)[C@@H]1N=C(c2ccc(OC)cc2)O[C@H]1c1cccc(Cl)c1. The van der Waals surface area contributed by atoms with Gasteiger partial charge >= 0.3 is 5.97 Å². The van der Waals surface area contributed by atoms with Crippen molar-refractivity contribution in [3.63, 3.8) is 0 Å². The van der Waals surface area contributed by atoms with Gasteiger partial charge in [0.25, 0.3) is 0 Å². The second-order valence-corrected chi connectivity index (χ2v) is 5.66. The van der Waals surface area contributed by atoms with E-state index in [4.69, 9.17) is 25.8 Å². The molecule has 0 amide bonds. The van der Waals surface area contributed by atoms with Crippen LogP contribution in [0.25, 0.3) is 0 Å². The summed E-state index contributed by atoms with van der Waals surface area (Å²) in [6, 6.07) is 13.7. The summed E-state index contributed by atoms with van der Waals surface area (Å²) in [4.78, 5) is 16.5. The molecule has 3 rings (SSSR count). The average Bonchev–Trinajstić information content (AvgIpc) is 3.06. The van der Waals surface area contributed by atoms with Crippen molar-refractivity contribution >= 4 is 23.5 Å². The lowest BCUT2D eigenvalue weighted by Crippen LogP contribution is -2.25. The van der Waals surface area contributed by atoms with Crippen LogP contribution < -0.4 is 4.74 Å². The van der Waals surface area contributed by atoms with Crippen molar-refractivity contribution in [2.75, 3.05) is 14.2 Å². The van der Waals surface area contributed by atoms with Gasteiger partial charge in [-0.3, -0.25) is 0 Å². The number of hydrogen-bond donors (Lipinski definition) is 0. The van der Waals surface area contributed by atoms with Gasteiger partial charge in [0.1, 0.15) is 5.75 Å². The molecule has 0 aromatic heterocycles. The zero-order valence-corrected chi connectivity index (χ0v) is 14.0. The summed E-state index contributed by atoms with van der Waals surface area (Å²) in [5.74, 6) is 0.662. The molecule has 0 N–H and O–H groups in total. The molecule has 0 fully saturated rings. The first-order valence-corrected chi connectivity index (χ1v) is 7.72. The molecule has 2 aromatic rings. The first-order valence-electron chi connectivity index (χ1n) is 7.34. The largest absolute Gasteiger partial charge is 0.497 e. The third kappa shape index (κ3) is 3.21. The zero-order valence-electron chi connectivity index (χ0n) is 13.2. The monoisotopic (exact) mass is 345 g/mol. The summed E-state index contributed by atoms with van der Waals surface area (Å²) in [5.41, 5.74) is 1.53. The number of rotatable bonds is 4. The summed E-state index contributed by atoms with van der Waals surface area (Å²) in [6.45, 7) is 0. The van der Waals surface area contributed by atoms with E-state index in [0.29, 0.717) is 10.9 Å². The van der Waals surface area contributed by atoms with Crippen LogP contribution in [0.4, 0.5) is 0 Å². The molecular weight excluding hydrogens is 330 g/mol. The third-order valence-corrected chi connectivity index (χ3v) is 3.97. The van der Waals surface area contributed by atoms with Crippen LogP contribution in [-0.2, 0) is 14.3 Å². The highest BCUT2D eigenvalue weighted by Crippen LogP contribution is 2.33. The topological polar surface area (TPSA) is 57.1 Å². The Labute approximate surface area is 144 Å². The lowest BCUT2D eigenvalue weighted by atomic mass is 10.0. The van der Waals surface area contributed by atoms with Crippen LogP contribution in [0.5, 0.6) is 5.75 Å². The minimum atomic E-state index is -0.773. The molecule has 0 saturated heterocycles. The lowest BCUT2D eigenvalue weighted by Gasteiger charge is -2.16. The Bertz CT molecular complexity index is 773. The molecule has 0 bridgehead atoms. The Hall–Kier alpha value is -2.53. The molecule has 2 aromatic carbocycles. The van der Waals surface area contributed by atoms with E-state index in [1.54, 1.807) is 37.4 Å². The van der Waals surface area contributed by atoms with Gasteiger partial charge in [0.15, 0.2) is 12.1 Å². The van der Waals surface area contributed by atoms with Crippen molar-refractivity contribution in [2.24, 2.45) is 4.99 Å². The van der Waals surface area contributed by atoms with Crippen molar-refractivity contribution in [2.45, 2.75) is 12.1 Å². The predicted molar refractivity (Wildman–Crippen MR) is 90.6 cm³/mol. The van der Waals surface area contributed by atoms with Gasteiger partial charge in [-0.1, -0.05) is 23.7 Å². The number of nitrogens with zero attached hydrogens (tertiary/aromatic N) is 1. The molecule has 5 nitrogen and oxygen atoms in total. The molecule has 0 aliphatic carbocycles. The number of esters is 1. The van der Waals surface area contributed by atoms with Gasteiger partial charge in [-0.15, -0.1) is 0 Å². The average molecular weight is 346 g/mol. The third-order valence-electron chi connectivity index (χ3n) is 3.74. The molecule has 1 aliphatic heterocycles. The minimum absolute atomic E-state index is 0.387. The van der Waals surface area contributed by atoms with Gasteiger partial charge in [-0.2, -0.15) is 0 Å². The normalized spacial score (nSPS) is 19.4. The second kappa shape index (κ2) is 6.93. The number of halogens is 1. The fraction of sp³-hybridized carbons (Fsp3) is 0.222. The van der Waals surface area contributed by atoms with E-state index >= 15 is 0 Å². The summed E-state index contributed by atoms with van der Waals surface area (Å²) < 4.78 is 15.9. The molecule has 0 spiro atoms. The van der Waals surface area contributed by atoms with Crippen LogP contribution in [0.1, 0.15) is 17.2 Å². The van der Waals surface area contributed by atoms with Crippen molar-refractivity contribution in [1.29, 1.82) is 0 Å². The van der Waals surface area contributed by atoms with Crippen LogP contribution in [-0.4, -0.2) is 32.1 Å². The maximum absolute atomic E-state index is 12.1. The lowest BCUT2D eigenvalue weighted by molar-refractivity contribution is -0.143. The van der Waals surface area contributed by atoms with Crippen molar-refractivity contribution in [3.8, 4) is 5.75 Å². The number of aliphatic imine (C=N–C) groups is 1. The van der Waals surface area contributed by atoms with Crippen LogP contribution in [0, 0.1) is 0 Å². The quantitative estimate of drug-likeness (QED) is 0.797. The van der Waals surface area contributed by atoms with Crippen LogP contribution >= 0.6 is 11.6 Å². The first-order chi connectivity index (χ1) is 11.6. The summed E-state index contributed by atoms with van der Waals surface area (Å²) >= 11 is 6.05. The minimum Gasteiger partial charge on any atom is -0.497 e. The molecule has 1 aliphatic rings. The van der Waals surface area contributed by atoms with Crippen molar-refractivity contribution in [1.82, 2.24) is 0 Å². The molecule has 0 unspecified atom stereocenters. The Morgan fingerprint density at radius 3 is 2.54 bits per heavy atom. The van der Waals surface area contributed by atoms with Crippen LogP contribution in [0.2, 0.25) is 5.02 Å². The summed E-state index contributed by atoms with van der Waals surface area (Å²) in [5, 5.41) is 0.567. The van der Waals surface area contributed by atoms with Gasteiger partial charge in [0.2, 0.25) is 5.90 Å². The standard InChI is InChI=1S/C18H16ClNO4/c1-22-14-8-6-11(7-9-14)17-20-15(18(21)23-2)16(24-17)12-4-3-5-13(19)10-12/h3-10,15-16H,1-2H3/t15-,16+/m1/s1. The van der Waals surface area contributed by atoms with Crippen LogP contribution in [0.3, 0.4) is 0 Å². The number of hydrogen-bond acceptors (Lipinski definition) is 5. The van der Waals surface area contributed by atoms with E-state index in [2.05, 4.69) is 4.99 Å². The highest BCUT2D eigenvalue weighted by molar-refractivity contribution is 6.30. The molecular formula is C18H16ClNO4. The Kier molecular flexibility index (Phi) is 4.71. The highest BCUT2D eigenvalue weighted by Gasteiger charge is 2.38. The van der Waals surface area contributed by atoms with Gasteiger partial charge in [-0.25, -0.2) is 9.79 Å². The molecule has 2 atom stereocenters. The number of benzene rings is 2. The van der Waals surface area contributed by atoms with E-state index in [0.717, 1.165) is 16.9 Å². The van der Waals surface area contributed by atoms with Gasteiger partial charge in [0.05, 0.1) is 14.2 Å². The van der Waals surface area contributed by atoms with E-state index in [9.17, 15) is 4.79 Å². The number of ether oxygens (including phenoxy) is 3.